The normalized spacial score (nSPS) is 10.7. The number of halogens is 1. The van der Waals surface area contributed by atoms with Gasteiger partial charge in [0.2, 0.25) is 5.91 Å². The summed E-state index contributed by atoms with van der Waals surface area (Å²) in [6.07, 6.45) is 0.928. The van der Waals surface area contributed by atoms with Crippen LogP contribution in [0.5, 0.6) is 5.75 Å². The Morgan fingerprint density at radius 3 is 2.56 bits per heavy atom. The Morgan fingerprint density at radius 1 is 1.12 bits per heavy atom. The first-order chi connectivity index (χ1) is 12.1. The van der Waals surface area contributed by atoms with E-state index < -0.39 is 0 Å². The summed E-state index contributed by atoms with van der Waals surface area (Å²) in [4.78, 5) is 14.3. The van der Waals surface area contributed by atoms with Crippen LogP contribution in [0.1, 0.15) is 18.9 Å². The maximum absolute atomic E-state index is 13.5. The van der Waals surface area contributed by atoms with Gasteiger partial charge in [0, 0.05) is 12.2 Å². The minimum absolute atomic E-state index is 0.0614. The average Bonchev–Trinajstić information content (AvgIpc) is 2.59. The average molecular weight is 344 g/mol. The predicted molar refractivity (Wildman–Crippen MR) is 98.4 cm³/mol. The molecule has 1 amide bonds. The van der Waals surface area contributed by atoms with Crippen LogP contribution < -0.4 is 10.1 Å². The molecule has 4 nitrogen and oxygen atoms in total. The third kappa shape index (κ3) is 6.19. The summed E-state index contributed by atoms with van der Waals surface area (Å²) in [7, 11) is 0. The smallest absolute Gasteiger partial charge is 0.238 e. The second-order valence-electron chi connectivity index (χ2n) is 5.92. The van der Waals surface area contributed by atoms with Crippen molar-refractivity contribution in [3.8, 4) is 5.75 Å². The van der Waals surface area contributed by atoms with Gasteiger partial charge >= 0.3 is 0 Å². The van der Waals surface area contributed by atoms with Crippen molar-refractivity contribution >= 4 is 11.6 Å². The monoisotopic (exact) mass is 344 g/mol. The Morgan fingerprint density at radius 2 is 1.84 bits per heavy atom. The van der Waals surface area contributed by atoms with E-state index in [-0.39, 0.29) is 24.0 Å². The molecule has 5 heteroatoms. The number of para-hydroxylation sites is 2. The van der Waals surface area contributed by atoms with Crippen molar-refractivity contribution in [1.29, 1.82) is 0 Å². The molecule has 134 valence electrons. The van der Waals surface area contributed by atoms with Gasteiger partial charge in [0.25, 0.3) is 0 Å². The van der Waals surface area contributed by atoms with Gasteiger partial charge in [-0.25, -0.2) is 4.39 Å². The minimum atomic E-state index is -0.373. The molecule has 0 spiro atoms. The quantitative estimate of drug-likeness (QED) is 0.751. The van der Waals surface area contributed by atoms with Crippen LogP contribution in [-0.2, 0) is 4.79 Å². The van der Waals surface area contributed by atoms with Gasteiger partial charge in [-0.1, -0.05) is 37.3 Å². The summed E-state index contributed by atoms with van der Waals surface area (Å²) in [6.45, 7) is 5.97. The Balaban J connectivity index is 1.84. The van der Waals surface area contributed by atoms with Gasteiger partial charge in [-0.05, 0) is 43.7 Å². The van der Waals surface area contributed by atoms with Gasteiger partial charge < -0.3 is 10.1 Å². The van der Waals surface area contributed by atoms with Crippen LogP contribution in [0.4, 0.5) is 10.1 Å². The van der Waals surface area contributed by atoms with Gasteiger partial charge in [0.15, 0.2) is 11.6 Å². The molecule has 2 rings (SSSR count). The highest BCUT2D eigenvalue weighted by Gasteiger charge is 2.12. The molecule has 25 heavy (non-hydrogen) atoms. The molecule has 1 N–H and O–H groups in total. The van der Waals surface area contributed by atoms with Gasteiger partial charge in [-0.3, -0.25) is 9.69 Å². The van der Waals surface area contributed by atoms with Crippen LogP contribution >= 0.6 is 0 Å². The predicted octanol–water partition coefficient (Wildman–Crippen LogP) is 3.86. The number of benzene rings is 2. The first kappa shape index (κ1) is 18.9. The molecule has 0 saturated carbocycles. The molecule has 0 aliphatic heterocycles. The lowest BCUT2D eigenvalue weighted by molar-refractivity contribution is -0.117. The van der Waals surface area contributed by atoms with E-state index in [0.717, 1.165) is 24.2 Å². The number of carbonyl (C=O) groups excluding carboxylic acids is 1. The van der Waals surface area contributed by atoms with E-state index in [1.807, 2.05) is 36.1 Å². The molecule has 0 heterocycles. The van der Waals surface area contributed by atoms with Crippen molar-refractivity contribution in [2.24, 2.45) is 0 Å². The highest BCUT2D eigenvalue weighted by Crippen LogP contribution is 2.15. The Hall–Kier alpha value is -2.40. The number of amides is 1. The number of hydrogen-bond donors (Lipinski definition) is 1. The van der Waals surface area contributed by atoms with Crippen LogP contribution in [-0.4, -0.2) is 37.0 Å². The molecule has 0 bridgehead atoms. The fraction of sp³-hybridized carbons (Fsp3) is 0.350. The molecule has 0 saturated heterocycles. The van der Waals surface area contributed by atoms with Crippen LogP contribution in [0.15, 0.2) is 48.5 Å². The van der Waals surface area contributed by atoms with Gasteiger partial charge in [-0.15, -0.1) is 0 Å². The van der Waals surface area contributed by atoms with Crippen molar-refractivity contribution < 1.29 is 13.9 Å². The zero-order valence-corrected chi connectivity index (χ0v) is 14.8. The topological polar surface area (TPSA) is 41.6 Å². The third-order valence-corrected chi connectivity index (χ3v) is 3.83. The fourth-order valence-electron chi connectivity index (χ4n) is 2.54. The fourth-order valence-corrected chi connectivity index (χ4v) is 2.54. The second-order valence-corrected chi connectivity index (χ2v) is 5.92. The van der Waals surface area contributed by atoms with Crippen molar-refractivity contribution in [3.05, 3.63) is 59.9 Å². The molecule has 0 fully saturated rings. The van der Waals surface area contributed by atoms with E-state index in [9.17, 15) is 9.18 Å². The van der Waals surface area contributed by atoms with E-state index in [1.165, 1.54) is 6.07 Å². The standard InChI is InChI=1S/C20H25FN2O2/c1-3-12-23(13-14-25-19-11-7-5-9-17(19)21)15-20(24)22-18-10-6-4-8-16(18)2/h4-11H,3,12-15H2,1-2H3,(H,22,24). The zero-order valence-electron chi connectivity index (χ0n) is 14.8. The van der Waals surface area contributed by atoms with Gasteiger partial charge in [0.05, 0.1) is 6.54 Å². The van der Waals surface area contributed by atoms with Crippen LogP contribution in [0.25, 0.3) is 0 Å². The van der Waals surface area contributed by atoms with E-state index in [4.69, 9.17) is 4.74 Å². The maximum atomic E-state index is 13.5. The number of ether oxygens (including phenoxy) is 1. The van der Waals surface area contributed by atoms with Crippen molar-refractivity contribution in [1.82, 2.24) is 4.90 Å². The largest absolute Gasteiger partial charge is 0.489 e. The van der Waals surface area contributed by atoms with E-state index in [1.54, 1.807) is 18.2 Å². The summed E-state index contributed by atoms with van der Waals surface area (Å²) >= 11 is 0. The number of anilines is 1. The molecular weight excluding hydrogens is 319 g/mol. The molecule has 2 aromatic rings. The van der Waals surface area contributed by atoms with Crippen LogP contribution in [0.2, 0.25) is 0 Å². The molecule has 2 aromatic carbocycles. The van der Waals surface area contributed by atoms with E-state index in [2.05, 4.69) is 12.2 Å². The van der Waals surface area contributed by atoms with Crippen molar-refractivity contribution in [2.75, 3.05) is 31.6 Å². The van der Waals surface area contributed by atoms with Crippen LogP contribution in [0.3, 0.4) is 0 Å². The molecule has 0 aromatic heterocycles. The number of aryl methyl sites for hydroxylation is 1. The highest BCUT2D eigenvalue weighted by atomic mass is 19.1. The number of nitrogens with one attached hydrogen (secondary N) is 1. The zero-order chi connectivity index (χ0) is 18.1. The van der Waals surface area contributed by atoms with Gasteiger partial charge in [0.1, 0.15) is 6.61 Å². The molecule has 0 radical (unpaired) electrons. The molecule has 0 atom stereocenters. The molecule has 0 aliphatic carbocycles. The molecular formula is C20H25FN2O2. The SMILES string of the molecule is CCCN(CCOc1ccccc1F)CC(=O)Nc1ccccc1C. The first-order valence-electron chi connectivity index (χ1n) is 8.55. The molecule has 0 aliphatic rings. The van der Waals surface area contributed by atoms with E-state index in [0.29, 0.717) is 13.2 Å². The van der Waals surface area contributed by atoms with Gasteiger partial charge in [-0.2, -0.15) is 0 Å². The molecule has 0 unspecified atom stereocenters. The van der Waals surface area contributed by atoms with Crippen molar-refractivity contribution in [2.45, 2.75) is 20.3 Å². The Labute approximate surface area is 148 Å². The summed E-state index contributed by atoms with van der Waals surface area (Å²) < 4.78 is 19.0. The van der Waals surface area contributed by atoms with E-state index >= 15 is 0 Å². The lowest BCUT2D eigenvalue weighted by Crippen LogP contribution is -2.36. The maximum Gasteiger partial charge on any atom is 0.238 e. The highest BCUT2D eigenvalue weighted by molar-refractivity contribution is 5.92. The van der Waals surface area contributed by atoms with Crippen molar-refractivity contribution in [3.63, 3.8) is 0 Å². The third-order valence-electron chi connectivity index (χ3n) is 3.83. The summed E-state index contributed by atoms with van der Waals surface area (Å²) in [5.41, 5.74) is 1.85. The number of rotatable bonds is 9. The lowest BCUT2D eigenvalue weighted by atomic mass is 10.2. The van der Waals surface area contributed by atoms with Crippen LogP contribution in [0, 0.1) is 12.7 Å². The minimum Gasteiger partial charge on any atom is -0.489 e. The number of carbonyl (C=O) groups is 1. The Bertz CT molecular complexity index is 691. The number of nitrogens with zero attached hydrogens (tertiary/aromatic N) is 1. The summed E-state index contributed by atoms with van der Waals surface area (Å²) in [6, 6.07) is 14.0. The lowest BCUT2D eigenvalue weighted by Gasteiger charge is -2.21. The Kier molecular flexibility index (Phi) is 7.41. The summed E-state index contributed by atoms with van der Waals surface area (Å²) in [5.74, 6) is -0.196. The second kappa shape index (κ2) is 9.79. The summed E-state index contributed by atoms with van der Waals surface area (Å²) in [5, 5.41) is 2.93. The first-order valence-corrected chi connectivity index (χ1v) is 8.55. The number of hydrogen-bond acceptors (Lipinski definition) is 3.